The number of anilines is 1. The van der Waals surface area contributed by atoms with Crippen LogP contribution in [0.15, 0.2) is 42.5 Å². The van der Waals surface area contributed by atoms with Crippen LogP contribution in [0.25, 0.3) is 0 Å². The van der Waals surface area contributed by atoms with Crippen molar-refractivity contribution >= 4 is 29.1 Å². The molecule has 0 spiro atoms. The number of nitro groups is 1. The van der Waals surface area contributed by atoms with Gasteiger partial charge in [0, 0.05) is 29.4 Å². The van der Waals surface area contributed by atoms with Crippen molar-refractivity contribution in [3.63, 3.8) is 0 Å². The molecule has 2 aromatic rings. The Hall–Kier alpha value is -3.55. The zero-order chi connectivity index (χ0) is 20.5. The monoisotopic (exact) mass is 393 g/mol. The lowest BCUT2D eigenvalue weighted by Gasteiger charge is -2.29. The predicted molar refractivity (Wildman–Crippen MR) is 105 cm³/mol. The first kappa shape index (κ1) is 18.8. The van der Waals surface area contributed by atoms with Gasteiger partial charge in [0.2, 0.25) is 0 Å². The molecule has 2 aromatic carbocycles. The number of non-ortho nitro benzene ring substituents is 1. The molecular formula is C21H19N3O5. The Labute approximate surface area is 166 Å². The third kappa shape index (κ3) is 3.49. The van der Waals surface area contributed by atoms with Crippen LogP contribution in [0.4, 0.5) is 11.4 Å². The van der Waals surface area contributed by atoms with Crippen molar-refractivity contribution < 1.29 is 19.3 Å². The summed E-state index contributed by atoms with van der Waals surface area (Å²) in [6.07, 6.45) is 4.76. The van der Waals surface area contributed by atoms with E-state index in [9.17, 15) is 24.5 Å². The molecule has 2 aliphatic rings. The zero-order valence-electron chi connectivity index (χ0n) is 15.6. The molecule has 0 radical (unpaired) electrons. The Morgan fingerprint density at radius 1 is 0.966 bits per heavy atom. The molecule has 3 amide bonds. The van der Waals surface area contributed by atoms with Crippen molar-refractivity contribution in [3.05, 3.63) is 69.3 Å². The van der Waals surface area contributed by atoms with E-state index in [2.05, 4.69) is 5.32 Å². The van der Waals surface area contributed by atoms with E-state index in [1.165, 1.54) is 47.4 Å². The van der Waals surface area contributed by atoms with Gasteiger partial charge in [0.15, 0.2) is 0 Å². The number of hydrogen-bond donors (Lipinski definition) is 1. The minimum Gasteiger partial charge on any atom is -0.322 e. The zero-order valence-corrected chi connectivity index (χ0v) is 15.6. The van der Waals surface area contributed by atoms with Crippen LogP contribution in [0.1, 0.15) is 63.2 Å². The van der Waals surface area contributed by atoms with Gasteiger partial charge in [-0.25, -0.2) is 0 Å². The number of amides is 3. The normalized spacial score (nSPS) is 16.6. The van der Waals surface area contributed by atoms with Crippen LogP contribution in [0, 0.1) is 10.1 Å². The lowest BCUT2D eigenvalue weighted by molar-refractivity contribution is -0.384. The molecule has 0 aromatic heterocycles. The maximum absolute atomic E-state index is 12.9. The molecule has 8 heteroatoms. The minimum absolute atomic E-state index is 0.0754. The predicted octanol–water partition coefficient (Wildman–Crippen LogP) is 3.78. The maximum Gasteiger partial charge on any atom is 0.269 e. The highest BCUT2D eigenvalue weighted by Crippen LogP contribution is 2.31. The summed E-state index contributed by atoms with van der Waals surface area (Å²) >= 11 is 0. The van der Waals surface area contributed by atoms with Crippen molar-refractivity contribution in [1.29, 1.82) is 0 Å². The van der Waals surface area contributed by atoms with Crippen molar-refractivity contribution in [2.24, 2.45) is 0 Å². The van der Waals surface area contributed by atoms with E-state index in [0.717, 1.165) is 32.1 Å². The van der Waals surface area contributed by atoms with E-state index in [1.807, 2.05) is 0 Å². The summed E-state index contributed by atoms with van der Waals surface area (Å²) in [5.41, 5.74) is 1.14. The third-order valence-corrected chi connectivity index (χ3v) is 5.46. The van der Waals surface area contributed by atoms with E-state index in [0.29, 0.717) is 11.3 Å². The summed E-state index contributed by atoms with van der Waals surface area (Å²) in [5, 5.41) is 13.4. The summed E-state index contributed by atoms with van der Waals surface area (Å²) in [6, 6.07) is 9.85. The van der Waals surface area contributed by atoms with E-state index in [-0.39, 0.29) is 34.7 Å². The second kappa shape index (κ2) is 7.46. The number of nitrogens with zero attached hydrogens (tertiary/aromatic N) is 2. The number of benzene rings is 2. The van der Waals surface area contributed by atoms with Crippen molar-refractivity contribution in [2.45, 2.75) is 38.1 Å². The molecule has 0 unspecified atom stereocenters. The van der Waals surface area contributed by atoms with E-state index in [4.69, 9.17) is 0 Å². The Kier molecular flexibility index (Phi) is 4.84. The number of carbonyl (C=O) groups is 3. The Morgan fingerprint density at radius 2 is 1.62 bits per heavy atom. The van der Waals surface area contributed by atoms with Gasteiger partial charge >= 0.3 is 0 Å². The van der Waals surface area contributed by atoms with Gasteiger partial charge < -0.3 is 5.32 Å². The van der Waals surface area contributed by atoms with Gasteiger partial charge in [-0.2, -0.15) is 0 Å². The quantitative estimate of drug-likeness (QED) is 0.483. The number of fused-ring (bicyclic) bond motifs is 1. The van der Waals surface area contributed by atoms with Gasteiger partial charge in [-0.1, -0.05) is 19.3 Å². The second-order valence-corrected chi connectivity index (χ2v) is 7.29. The van der Waals surface area contributed by atoms with Gasteiger partial charge in [0.25, 0.3) is 23.4 Å². The van der Waals surface area contributed by atoms with E-state index in [1.54, 1.807) is 0 Å². The number of nitro benzene ring substituents is 1. The first-order chi connectivity index (χ1) is 14.0. The van der Waals surface area contributed by atoms with Crippen LogP contribution >= 0.6 is 0 Å². The average Bonchev–Trinajstić information content (AvgIpc) is 2.99. The van der Waals surface area contributed by atoms with E-state index >= 15 is 0 Å². The molecule has 4 rings (SSSR count). The van der Waals surface area contributed by atoms with Gasteiger partial charge in [0.05, 0.1) is 16.1 Å². The number of hydrogen-bond acceptors (Lipinski definition) is 5. The summed E-state index contributed by atoms with van der Waals surface area (Å²) in [6.45, 7) is 0. The minimum atomic E-state index is -0.521. The van der Waals surface area contributed by atoms with Crippen molar-refractivity contribution in [3.8, 4) is 0 Å². The van der Waals surface area contributed by atoms with Gasteiger partial charge in [-0.3, -0.25) is 29.4 Å². The summed E-state index contributed by atoms with van der Waals surface area (Å²) in [4.78, 5) is 49.7. The fourth-order valence-corrected chi connectivity index (χ4v) is 3.94. The molecule has 148 valence electrons. The molecule has 0 atom stereocenters. The average molecular weight is 393 g/mol. The second-order valence-electron chi connectivity index (χ2n) is 7.29. The molecule has 1 saturated carbocycles. The van der Waals surface area contributed by atoms with Crippen LogP contribution in [0.3, 0.4) is 0 Å². The highest BCUT2D eigenvalue weighted by molar-refractivity contribution is 6.22. The Bertz CT molecular complexity index is 1010. The Balaban J connectivity index is 1.53. The molecule has 1 aliphatic carbocycles. The van der Waals surface area contributed by atoms with Gasteiger partial charge in [-0.05, 0) is 43.2 Å². The molecule has 1 heterocycles. The number of carbonyl (C=O) groups excluding carboxylic acids is 3. The molecular weight excluding hydrogens is 374 g/mol. The summed E-state index contributed by atoms with van der Waals surface area (Å²) in [5.74, 6) is -1.10. The smallest absolute Gasteiger partial charge is 0.269 e. The summed E-state index contributed by atoms with van der Waals surface area (Å²) in [7, 11) is 0. The lowest BCUT2D eigenvalue weighted by atomic mass is 9.94. The first-order valence-electron chi connectivity index (χ1n) is 9.53. The fourth-order valence-electron chi connectivity index (χ4n) is 3.94. The molecule has 0 bridgehead atoms. The van der Waals surface area contributed by atoms with Crippen molar-refractivity contribution in [2.75, 3.05) is 5.32 Å². The number of nitrogens with one attached hydrogen (secondary N) is 1. The van der Waals surface area contributed by atoms with Crippen LogP contribution < -0.4 is 5.32 Å². The lowest BCUT2D eigenvalue weighted by Crippen LogP contribution is -2.40. The largest absolute Gasteiger partial charge is 0.322 e. The standard InChI is InChI=1S/C21H19N3O5/c25-19(22-14-7-9-16(10-8-14)24(28)29)13-6-11-17-18(12-13)21(27)23(20(17)26)15-4-2-1-3-5-15/h6-12,15H,1-5H2,(H,22,25). The van der Waals surface area contributed by atoms with Crippen LogP contribution in [-0.4, -0.2) is 33.6 Å². The summed E-state index contributed by atoms with van der Waals surface area (Å²) < 4.78 is 0. The third-order valence-electron chi connectivity index (χ3n) is 5.46. The molecule has 1 fully saturated rings. The highest BCUT2D eigenvalue weighted by atomic mass is 16.6. The molecule has 1 N–H and O–H groups in total. The molecule has 1 aliphatic heterocycles. The van der Waals surface area contributed by atoms with Crippen molar-refractivity contribution in [1.82, 2.24) is 4.90 Å². The first-order valence-corrected chi connectivity index (χ1v) is 9.53. The fraction of sp³-hybridized carbons (Fsp3) is 0.286. The van der Waals surface area contributed by atoms with Gasteiger partial charge in [-0.15, -0.1) is 0 Å². The molecule has 8 nitrogen and oxygen atoms in total. The topological polar surface area (TPSA) is 110 Å². The Morgan fingerprint density at radius 3 is 2.28 bits per heavy atom. The van der Waals surface area contributed by atoms with Gasteiger partial charge in [0.1, 0.15) is 0 Å². The SMILES string of the molecule is O=C(Nc1ccc([N+](=O)[O-])cc1)c1ccc2c(c1)C(=O)N(C1CCCCC1)C2=O. The highest BCUT2D eigenvalue weighted by Gasteiger charge is 2.40. The van der Waals surface area contributed by atoms with Crippen LogP contribution in [0.5, 0.6) is 0 Å². The van der Waals surface area contributed by atoms with Crippen LogP contribution in [0.2, 0.25) is 0 Å². The van der Waals surface area contributed by atoms with Crippen LogP contribution in [-0.2, 0) is 0 Å². The molecule has 29 heavy (non-hydrogen) atoms. The maximum atomic E-state index is 12.9. The number of imide groups is 1. The number of rotatable bonds is 4. The van der Waals surface area contributed by atoms with E-state index < -0.39 is 10.8 Å². The molecule has 0 saturated heterocycles.